The molecule has 0 bridgehead atoms. The highest BCUT2D eigenvalue weighted by molar-refractivity contribution is 9.10. The Labute approximate surface area is 111 Å². The maximum Gasteiger partial charge on any atom is 0.0907 e. The molecule has 0 radical (unpaired) electrons. The zero-order valence-corrected chi connectivity index (χ0v) is 12.5. The average molecular weight is 305 g/mol. The van der Waals surface area contributed by atoms with E-state index >= 15 is 0 Å². The number of aryl methyl sites for hydroxylation is 2. The summed E-state index contributed by atoms with van der Waals surface area (Å²) in [5, 5.41) is 14.7. The second-order valence-corrected chi connectivity index (χ2v) is 5.29. The zero-order valence-electron chi connectivity index (χ0n) is 11.0. The van der Waals surface area contributed by atoms with Crippen LogP contribution >= 0.6 is 15.9 Å². The normalized spacial score (nSPS) is 14.9. The van der Waals surface area contributed by atoms with E-state index in [0.29, 0.717) is 19.6 Å². The minimum absolute atomic E-state index is 0.336. The van der Waals surface area contributed by atoms with Gasteiger partial charge < -0.3 is 9.84 Å². The Balaban J connectivity index is 2.83. The molecule has 0 amide bonds. The molecule has 0 saturated heterocycles. The Morgan fingerprint density at radius 2 is 2.12 bits per heavy atom. The molecule has 1 aromatic rings. The summed E-state index contributed by atoms with van der Waals surface area (Å²) in [6, 6.07) is 0. The van der Waals surface area contributed by atoms with Crippen molar-refractivity contribution in [2.45, 2.75) is 39.2 Å². The van der Waals surface area contributed by atoms with Crippen LogP contribution in [0.15, 0.2) is 4.47 Å². The Hall–Kier alpha value is -0.390. The first-order chi connectivity index (χ1) is 7.91. The molecule has 4 nitrogen and oxygen atoms in total. The van der Waals surface area contributed by atoms with E-state index in [-0.39, 0.29) is 0 Å². The second-order valence-electron chi connectivity index (χ2n) is 4.50. The lowest BCUT2D eigenvalue weighted by atomic mass is 10.0. The Bertz CT molecular complexity index is 375. The molecule has 0 aliphatic carbocycles. The van der Waals surface area contributed by atoms with Gasteiger partial charge in [0.2, 0.25) is 0 Å². The molecule has 1 rings (SSSR count). The van der Waals surface area contributed by atoms with Crippen molar-refractivity contribution < 1.29 is 9.84 Å². The van der Waals surface area contributed by atoms with Crippen molar-refractivity contribution in [3.63, 3.8) is 0 Å². The van der Waals surface area contributed by atoms with E-state index in [1.807, 2.05) is 18.7 Å². The molecular weight excluding hydrogens is 284 g/mol. The minimum Gasteiger partial charge on any atom is -0.387 e. The zero-order chi connectivity index (χ0) is 13.1. The lowest BCUT2D eigenvalue weighted by molar-refractivity contribution is -0.0308. The van der Waals surface area contributed by atoms with Crippen LogP contribution in [0.1, 0.15) is 32.2 Å². The molecule has 1 aromatic heterocycles. The van der Waals surface area contributed by atoms with Crippen LogP contribution < -0.4 is 0 Å². The third-order valence-corrected chi connectivity index (χ3v) is 3.58. The van der Waals surface area contributed by atoms with Gasteiger partial charge in [-0.3, -0.25) is 4.68 Å². The van der Waals surface area contributed by atoms with E-state index in [2.05, 4.69) is 28.0 Å². The lowest BCUT2D eigenvalue weighted by Crippen LogP contribution is -2.34. The summed E-state index contributed by atoms with van der Waals surface area (Å²) in [7, 11) is 1.90. The number of nitrogens with zero attached hydrogens (tertiary/aromatic N) is 2. The molecule has 1 N–H and O–H groups in total. The van der Waals surface area contributed by atoms with Crippen molar-refractivity contribution in [2.75, 3.05) is 13.2 Å². The first kappa shape index (κ1) is 14.7. The van der Waals surface area contributed by atoms with Crippen LogP contribution in [-0.4, -0.2) is 33.7 Å². The molecule has 98 valence electrons. The molecule has 0 aliphatic rings. The van der Waals surface area contributed by atoms with Crippen LogP contribution in [0.3, 0.4) is 0 Å². The fourth-order valence-corrected chi connectivity index (χ4v) is 2.50. The monoisotopic (exact) mass is 304 g/mol. The van der Waals surface area contributed by atoms with Gasteiger partial charge in [-0.1, -0.05) is 6.92 Å². The number of aromatic nitrogens is 2. The largest absolute Gasteiger partial charge is 0.387 e. The standard InChI is InChI=1S/C12H21BrN2O2/c1-5-9-11(13)10(15(4)14-9)7-12(3,16)8-17-6-2/h16H,5-8H2,1-4H3. The summed E-state index contributed by atoms with van der Waals surface area (Å²) in [4.78, 5) is 0. The lowest BCUT2D eigenvalue weighted by Gasteiger charge is -2.23. The first-order valence-corrected chi connectivity index (χ1v) is 6.71. The van der Waals surface area contributed by atoms with Crippen molar-refractivity contribution in [1.82, 2.24) is 9.78 Å². The van der Waals surface area contributed by atoms with Gasteiger partial charge in [-0.15, -0.1) is 0 Å². The van der Waals surface area contributed by atoms with Gasteiger partial charge in [0, 0.05) is 20.1 Å². The van der Waals surface area contributed by atoms with E-state index in [4.69, 9.17) is 4.74 Å². The number of halogens is 1. The van der Waals surface area contributed by atoms with Crippen LogP contribution in [0.4, 0.5) is 0 Å². The highest BCUT2D eigenvalue weighted by atomic mass is 79.9. The number of aliphatic hydroxyl groups is 1. The average Bonchev–Trinajstić information content (AvgIpc) is 2.53. The van der Waals surface area contributed by atoms with Gasteiger partial charge >= 0.3 is 0 Å². The van der Waals surface area contributed by atoms with Crippen LogP contribution in [0, 0.1) is 0 Å². The van der Waals surface area contributed by atoms with Crippen LogP contribution in [0.25, 0.3) is 0 Å². The van der Waals surface area contributed by atoms with Gasteiger partial charge in [-0.2, -0.15) is 5.10 Å². The summed E-state index contributed by atoms with van der Waals surface area (Å²) >= 11 is 3.55. The van der Waals surface area contributed by atoms with Crippen molar-refractivity contribution >= 4 is 15.9 Å². The SMILES string of the molecule is CCOCC(C)(O)Cc1c(Br)c(CC)nn1C. The summed E-state index contributed by atoms with van der Waals surface area (Å²) in [6.07, 6.45) is 1.40. The van der Waals surface area contributed by atoms with Gasteiger partial charge in [-0.05, 0) is 36.2 Å². The molecule has 0 aromatic carbocycles. The van der Waals surface area contributed by atoms with E-state index in [0.717, 1.165) is 22.3 Å². The number of hydrogen-bond donors (Lipinski definition) is 1. The summed E-state index contributed by atoms with van der Waals surface area (Å²) in [6.45, 7) is 6.72. The third-order valence-electron chi connectivity index (χ3n) is 2.67. The number of hydrogen-bond acceptors (Lipinski definition) is 3. The maximum atomic E-state index is 10.2. The van der Waals surface area contributed by atoms with Crippen molar-refractivity contribution in [3.05, 3.63) is 15.9 Å². The molecule has 1 heterocycles. The van der Waals surface area contributed by atoms with Crippen molar-refractivity contribution in [1.29, 1.82) is 0 Å². The number of rotatable bonds is 6. The Kier molecular flexibility index (Phi) is 5.16. The minimum atomic E-state index is -0.864. The summed E-state index contributed by atoms with van der Waals surface area (Å²) in [5.74, 6) is 0. The fourth-order valence-electron chi connectivity index (χ4n) is 1.75. The molecule has 17 heavy (non-hydrogen) atoms. The smallest absolute Gasteiger partial charge is 0.0907 e. The summed E-state index contributed by atoms with van der Waals surface area (Å²) < 4.78 is 8.11. The molecule has 0 aliphatic heterocycles. The molecular formula is C12H21BrN2O2. The Morgan fingerprint density at radius 3 is 2.59 bits per heavy atom. The van der Waals surface area contributed by atoms with E-state index in [1.165, 1.54) is 0 Å². The van der Waals surface area contributed by atoms with Gasteiger partial charge in [-0.25, -0.2) is 0 Å². The molecule has 1 atom stereocenters. The second kappa shape index (κ2) is 5.98. The molecule has 5 heteroatoms. The van der Waals surface area contributed by atoms with Gasteiger partial charge in [0.1, 0.15) is 0 Å². The van der Waals surface area contributed by atoms with E-state index < -0.39 is 5.60 Å². The van der Waals surface area contributed by atoms with E-state index in [1.54, 1.807) is 6.92 Å². The highest BCUT2D eigenvalue weighted by Crippen LogP contribution is 2.25. The predicted octanol–water partition coefficient (Wildman–Crippen LogP) is 2.08. The molecule has 0 saturated carbocycles. The van der Waals surface area contributed by atoms with Crippen LogP contribution in [-0.2, 0) is 24.6 Å². The third kappa shape index (κ3) is 3.79. The fraction of sp³-hybridized carbons (Fsp3) is 0.750. The van der Waals surface area contributed by atoms with Gasteiger partial charge in [0.15, 0.2) is 0 Å². The van der Waals surface area contributed by atoms with Gasteiger partial charge in [0.05, 0.1) is 28.1 Å². The molecule has 1 unspecified atom stereocenters. The Morgan fingerprint density at radius 1 is 1.47 bits per heavy atom. The van der Waals surface area contributed by atoms with Crippen molar-refractivity contribution in [2.24, 2.45) is 7.05 Å². The van der Waals surface area contributed by atoms with Gasteiger partial charge in [0.25, 0.3) is 0 Å². The quantitative estimate of drug-likeness (QED) is 0.875. The first-order valence-electron chi connectivity index (χ1n) is 5.91. The summed E-state index contributed by atoms with van der Waals surface area (Å²) in [5.41, 5.74) is 1.17. The van der Waals surface area contributed by atoms with E-state index in [9.17, 15) is 5.11 Å². The van der Waals surface area contributed by atoms with Crippen LogP contribution in [0.2, 0.25) is 0 Å². The van der Waals surface area contributed by atoms with Crippen LogP contribution in [0.5, 0.6) is 0 Å². The molecule has 0 fully saturated rings. The number of ether oxygens (including phenoxy) is 1. The topological polar surface area (TPSA) is 47.3 Å². The van der Waals surface area contributed by atoms with Crippen molar-refractivity contribution in [3.8, 4) is 0 Å². The molecule has 0 spiro atoms. The maximum absolute atomic E-state index is 10.2. The highest BCUT2D eigenvalue weighted by Gasteiger charge is 2.25. The predicted molar refractivity (Wildman–Crippen MR) is 71.1 cm³/mol.